The van der Waals surface area contributed by atoms with Gasteiger partial charge in [0.15, 0.2) is 0 Å². The van der Waals surface area contributed by atoms with Gasteiger partial charge in [0.2, 0.25) is 0 Å². The third kappa shape index (κ3) is 8.37. The highest BCUT2D eigenvalue weighted by Gasteiger charge is 2.09. The maximum Gasteiger partial charge on any atom is -0.0245 e. The molecule has 0 aliphatic rings. The second kappa shape index (κ2) is 12.9. The number of benzene rings is 2. The summed E-state index contributed by atoms with van der Waals surface area (Å²) >= 11 is 0. The lowest BCUT2D eigenvalue weighted by molar-refractivity contribution is 0.649. The van der Waals surface area contributed by atoms with Crippen molar-refractivity contribution in [3.63, 3.8) is 0 Å². The average Bonchev–Trinajstić information content (AvgIpc) is 2.67. The first-order valence-corrected chi connectivity index (χ1v) is 12.1. The zero-order valence-corrected chi connectivity index (χ0v) is 19.7. The van der Waals surface area contributed by atoms with Gasteiger partial charge in [0, 0.05) is 0 Å². The van der Waals surface area contributed by atoms with Crippen molar-refractivity contribution in [3.8, 4) is 0 Å². The number of hydrogen-bond acceptors (Lipinski definition) is 0. The summed E-state index contributed by atoms with van der Waals surface area (Å²) in [6.07, 6.45) is 14.5. The topological polar surface area (TPSA) is 0 Å². The van der Waals surface area contributed by atoms with Crippen molar-refractivity contribution < 1.29 is 0 Å². The molecule has 0 saturated carbocycles. The number of hydrogen-bond donors (Lipinski definition) is 0. The van der Waals surface area contributed by atoms with Crippen LogP contribution in [0.2, 0.25) is 0 Å². The van der Waals surface area contributed by atoms with Crippen LogP contribution in [-0.2, 0) is 38.5 Å². The Morgan fingerprint density at radius 3 is 1.28 bits per heavy atom. The maximum absolute atomic E-state index is 2.53. The van der Waals surface area contributed by atoms with Crippen molar-refractivity contribution in [1.29, 1.82) is 0 Å². The molecule has 0 aliphatic carbocycles. The van der Waals surface area contributed by atoms with E-state index in [1.165, 1.54) is 84.7 Å². The molecule has 1 atom stereocenters. The highest BCUT2D eigenvalue weighted by molar-refractivity contribution is 5.33. The van der Waals surface area contributed by atoms with E-state index < -0.39 is 0 Å². The summed E-state index contributed by atoms with van der Waals surface area (Å²) in [5.74, 6) is 0.603. The van der Waals surface area contributed by atoms with Crippen LogP contribution >= 0.6 is 0 Å². The molecule has 0 heterocycles. The van der Waals surface area contributed by atoms with Gasteiger partial charge in [-0.3, -0.25) is 0 Å². The van der Waals surface area contributed by atoms with E-state index in [1.807, 2.05) is 0 Å². The van der Waals surface area contributed by atoms with Crippen LogP contribution in [0, 0.1) is 12.3 Å². The standard InChI is InChI=1S/C29H43/c1-6-10-24-17-25(11-7-2)20-28(19-24)15-14-23(5)16-29-21-26(12-8-3)18-27(22-29)13-9-4/h14,17-23H,6-13,15-16H2,1-5H3. The molecule has 159 valence electrons. The summed E-state index contributed by atoms with van der Waals surface area (Å²) in [4.78, 5) is 0. The van der Waals surface area contributed by atoms with E-state index >= 15 is 0 Å². The Balaban J connectivity index is 2.03. The van der Waals surface area contributed by atoms with Crippen molar-refractivity contribution in [2.24, 2.45) is 5.92 Å². The van der Waals surface area contributed by atoms with Gasteiger partial charge in [0.1, 0.15) is 0 Å². The van der Waals surface area contributed by atoms with Gasteiger partial charge in [-0.05, 0) is 84.2 Å². The maximum atomic E-state index is 2.53. The van der Waals surface area contributed by atoms with Gasteiger partial charge in [-0.1, -0.05) is 96.7 Å². The third-order valence-electron chi connectivity index (χ3n) is 5.69. The van der Waals surface area contributed by atoms with E-state index in [9.17, 15) is 0 Å². The molecule has 2 rings (SSSR count). The molecule has 0 heteroatoms. The Bertz CT molecular complexity index is 676. The van der Waals surface area contributed by atoms with Gasteiger partial charge in [0.25, 0.3) is 0 Å². The molecule has 0 aliphatic heterocycles. The molecule has 0 nitrogen and oxygen atoms in total. The van der Waals surface area contributed by atoms with Crippen molar-refractivity contribution in [2.75, 3.05) is 0 Å². The van der Waals surface area contributed by atoms with Crippen LogP contribution in [0.25, 0.3) is 0 Å². The van der Waals surface area contributed by atoms with E-state index in [4.69, 9.17) is 0 Å². The van der Waals surface area contributed by atoms with Crippen LogP contribution < -0.4 is 0 Å². The van der Waals surface area contributed by atoms with Crippen molar-refractivity contribution >= 4 is 0 Å². The minimum Gasteiger partial charge on any atom is -0.0651 e. The van der Waals surface area contributed by atoms with Crippen molar-refractivity contribution in [2.45, 2.75) is 98.8 Å². The zero-order valence-electron chi connectivity index (χ0n) is 19.7. The normalized spacial score (nSPS) is 12.3. The Hall–Kier alpha value is -1.56. The molecule has 0 saturated heterocycles. The SMILES string of the molecule is CCCc1cc(C[CH]C(C)Cc2cc(CCC)cc(CCC)c2)cc(CCC)c1. The van der Waals surface area contributed by atoms with Gasteiger partial charge in [-0.25, -0.2) is 0 Å². The summed E-state index contributed by atoms with van der Waals surface area (Å²) < 4.78 is 0. The lowest BCUT2D eigenvalue weighted by Gasteiger charge is -2.15. The Labute approximate surface area is 181 Å². The predicted octanol–water partition coefficient (Wildman–Crippen LogP) is 8.12. The van der Waals surface area contributed by atoms with Gasteiger partial charge < -0.3 is 0 Å². The molecule has 2 aromatic rings. The summed E-state index contributed by atoms with van der Waals surface area (Å²) in [5.41, 5.74) is 9.11. The lowest BCUT2D eigenvalue weighted by Crippen LogP contribution is -2.05. The highest BCUT2D eigenvalue weighted by Crippen LogP contribution is 2.21. The van der Waals surface area contributed by atoms with Crippen molar-refractivity contribution in [1.82, 2.24) is 0 Å². The Morgan fingerprint density at radius 1 is 0.552 bits per heavy atom. The molecule has 0 N–H and O–H groups in total. The monoisotopic (exact) mass is 391 g/mol. The fourth-order valence-electron chi connectivity index (χ4n) is 4.44. The smallest absolute Gasteiger partial charge is 0.0245 e. The Kier molecular flexibility index (Phi) is 10.5. The van der Waals surface area contributed by atoms with Crippen LogP contribution in [0.1, 0.15) is 93.7 Å². The molecule has 0 fully saturated rings. The number of aryl methyl sites for hydroxylation is 4. The molecule has 0 bridgehead atoms. The Morgan fingerprint density at radius 2 is 0.897 bits per heavy atom. The predicted molar refractivity (Wildman–Crippen MR) is 130 cm³/mol. The second-order valence-electron chi connectivity index (χ2n) is 8.94. The molecule has 0 aromatic heterocycles. The van der Waals surface area contributed by atoms with Crippen LogP contribution in [0.5, 0.6) is 0 Å². The minimum absolute atomic E-state index is 0.603. The molecule has 1 radical (unpaired) electrons. The quantitative estimate of drug-likeness (QED) is 0.323. The van der Waals surface area contributed by atoms with Crippen LogP contribution in [0.4, 0.5) is 0 Å². The second-order valence-corrected chi connectivity index (χ2v) is 8.94. The summed E-state index contributed by atoms with van der Waals surface area (Å²) in [6, 6.07) is 14.6. The van der Waals surface area contributed by atoms with Gasteiger partial charge >= 0.3 is 0 Å². The third-order valence-corrected chi connectivity index (χ3v) is 5.69. The summed E-state index contributed by atoms with van der Waals surface area (Å²) in [6.45, 7) is 11.5. The highest BCUT2D eigenvalue weighted by atomic mass is 14.1. The lowest BCUT2D eigenvalue weighted by atomic mass is 9.90. The van der Waals surface area contributed by atoms with Gasteiger partial charge in [-0.2, -0.15) is 0 Å². The minimum atomic E-state index is 0.603. The first kappa shape index (κ1) is 23.7. The van der Waals surface area contributed by atoms with E-state index in [1.54, 1.807) is 0 Å². The van der Waals surface area contributed by atoms with Crippen LogP contribution in [0.15, 0.2) is 36.4 Å². The van der Waals surface area contributed by atoms with E-state index in [0.29, 0.717) is 5.92 Å². The molecule has 2 aromatic carbocycles. The molecule has 0 spiro atoms. The first-order chi connectivity index (χ1) is 14.1. The fourth-order valence-corrected chi connectivity index (χ4v) is 4.44. The first-order valence-electron chi connectivity index (χ1n) is 12.1. The van der Waals surface area contributed by atoms with Crippen LogP contribution in [0.3, 0.4) is 0 Å². The van der Waals surface area contributed by atoms with Crippen LogP contribution in [-0.4, -0.2) is 0 Å². The van der Waals surface area contributed by atoms with E-state index in [2.05, 4.69) is 77.4 Å². The van der Waals surface area contributed by atoms with E-state index in [0.717, 1.165) is 12.8 Å². The fraction of sp³-hybridized carbons (Fsp3) is 0.552. The molecular weight excluding hydrogens is 348 g/mol. The van der Waals surface area contributed by atoms with Gasteiger partial charge in [0.05, 0.1) is 0 Å². The molecule has 1 unspecified atom stereocenters. The summed E-state index contributed by atoms with van der Waals surface area (Å²) in [7, 11) is 0. The zero-order chi connectivity index (χ0) is 21.1. The summed E-state index contributed by atoms with van der Waals surface area (Å²) in [5, 5.41) is 0. The molecular formula is C29H43. The van der Waals surface area contributed by atoms with E-state index in [-0.39, 0.29) is 0 Å². The average molecular weight is 392 g/mol. The molecule has 0 amide bonds. The largest absolute Gasteiger partial charge is 0.0651 e. The van der Waals surface area contributed by atoms with Crippen molar-refractivity contribution in [3.05, 3.63) is 76.2 Å². The number of rotatable bonds is 13. The van der Waals surface area contributed by atoms with Gasteiger partial charge in [-0.15, -0.1) is 0 Å². The molecule has 29 heavy (non-hydrogen) atoms.